The van der Waals surface area contributed by atoms with E-state index in [0.29, 0.717) is 24.1 Å². The molecule has 0 aliphatic carbocycles. The standard InChI is InChI=1S/C29H35F4NO4/c1-4-37-28(36)12-10-22-9-11-23(29(31,32)33)16-26(22)20(3)38-18-25(35)17-34-13-5-6-24(34)14-21-8-7-19(2)27(30)15-21/h7-9,11,15-16,24-25,35H,3-6,10,12-14,17-18H2,1-2H3/t24-,25+/m0/s1. The minimum absolute atomic E-state index is 0.00331. The predicted molar refractivity (Wildman–Crippen MR) is 137 cm³/mol. The van der Waals surface area contributed by atoms with Crippen molar-refractivity contribution in [3.8, 4) is 0 Å². The number of benzene rings is 2. The summed E-state index contributed by atoms with van der Waals surface area (Å²) in [7, 11) is 0. The molecule has 0 spiro atoms. The average molecular weight is 538 g/mol. The predicted octanol–water partition coefficient (Wildman–Crippen LogP) is 5.70. The minimum Gasteiger partial charge on any atom is -0.491 e. The van der Waals surface area contributed by atoms with Crippen molar-refractivity contribution in [1.29, 1.82) is 0 Å². The number of carbonyl (C=O) groups is 1. The summed E-state index contributed by atoms with van der Waals surface area (Å²) in [6, 6.07) is 8.58. The van der Waals surface area contributed by atoms with Crippen LogP contribution < -0.4 is 0 Å². The van der Waals surface area contributed by atoms with Gasteiger partial charge in [-0.15, -0.1) is 0 Å². The summed E-state index contributed by atoms with van der Waals surface area (Å²) in [6.45, 7) is 8.34. The van der Waals surface area contributed by atoms with Crippen LogP contribution in [0.3, 0.4) is 0 Å². The first kappa shape index (κ1) is 29.6. The molecule has 1 N–H and O–H groups in total. The lowest BCUT2D eigenvalue weighted by Gasteiger charge is -2.27. The Bertz CT molecular complexity index is 1120. The highest BCUT2D eigenvalue weighted by atomic mass is 19.4. The molecule has 2 atom stereocenters. The second-order valence-corrected chi connectivity index (χ2v) is 9.64. The van der Waals surface area contributed by atoms with Crippen molar-refractivity contribution >= 4 is 11.7 Å². The van der Waals surface area contributed by atoms with Gasteiger partial charge in [0.25, 0.3) is 0 Å². The maximum Gasteiger partial charge on any atom is 0.416 e. The molecule has 0 unspecified atom stereocenters. The van der Waals surface area contributed by atoms with Crippen molar-refractivity contribution < 1.29 is 36.9 Å². The van der Waals surface area contributed by atoms with E-state index < -0.39 is 23.8 Å². The molecule has 1 fully saturated rings. The van der Waals surface area contributed by atoms with E-state index in [1.54, 1.807) is 26.0 Å². The molecule has 9 heteroatoms. The average Bonchev–Trinajstić information content (AvgIpc) is 3.29. The SMILES string of the molecule is C=C(OC[C@H](O)CN1CCC[C@H]1Cc1ccc(C)c(F)c1)c1cc(C(F)(F)F)ccc1CCC(=O)OCC. The third-order valence-corrected chi connectivity index (χ3v) is 6.74. The number of hydrogen-bond acceptors (Lipinski definition) is 5. The Morgan fingerprint density at radius 1 is 1.21 bits per heavy atom. The number of ether oxygens (including phenoxy) is 2. The molecule has 1 aliphatic rings. The van der Waals surface area contributed by atoms with E-state index in [4.69, 9.17) is 9.47 Å². The van der Waals surface area contributed by atoms with Crippen molar-refractivity contribution in [1.82, 2.24) is 4.90 Å². The number of nitrogens with zero attached hydrogens (tertiary/aromatic N) is 1. The van der Waals surface area contributed by atoms with Gasteiger partial charge < -0.3 is 14.6 Å². The first-order chi connectivity index (χ1) is 18.0. The fraction of sp³-hybridized carbons (Fsp3) is 0.483. The van der Waals surface area contributed by atoms with Gasteiger partial charge in [0.15, 0.2) is 0 Å². The Kier molecular flexibility index (Phi) is 10.3. The molecule has 1 aliphatic heterocycles. The summed E-state index contributed by atoms with van der Waals surface area (Å²) in [5.74, 6) is -0.703. The highest BCUT2D eigenvalue weighted by molar-refractivity contribution is 5.70. The number of aliphatic hydroxyl groups is 1. The molecule has 38 heavy (non-hydrogen) atoms. The van der Waals surface area contributed by atoms with Gasteiger partial charge in [-0.1, -0.05) is 24.8 Å². The number of hydrogen-bond donors (Lipinski definition) is 1. The van der Waals surface area contributed by atoms with Gasteiger partial charge in [-0.2, -0.15) is 13.2 Å². The molecule has 2 aromatic carbocycles. The van der Waals surface area contributed by atoms with Crippen LogP contribution in [0.15, 0.2) is 43.0 Å². The molecule has 2 aromatic rings. The molecule has 208 valence electrons. The smallest absolute Gasteiger partial charge is 0.416 e. The van der Waals surface area contributed by atoms with Crippen molar-refractivity contribution in [2.75, 3.05) is 26.3 Å². The first-order valence-corrected chi connectivity index (χ1v) is 12.8. The largest absolute Gasteiger partial charge is 0.491 e. The highest BCUT2D eigenvalue weighted by Gasteiger charge is 2.32. The third kappa shape index (κ3) is 8.30. The summed E-state index contributed by atoms with van der Waals surface area (Å²) >= 11 is 0. The Labute approximate surface area is 221 Å². The van der Waals surface area contributed by atoms with E-state index in [-0.39, 0.29) is 49.2 Å². The highest BCUT2D eigenvalue weighted by Crippen LogP contribution is 2.33. The third-order valence-electron chi connectivity index (χ3n) is 6.74. The van der Waals surface area contributed by atoms with E-state index >= 15 is 0 Å². The van der Waals surface area contributed by atoms with Crippen LogP contribution in [0.2, 0.25) is 0 Å². The number of aryl methyl sites for hydroxylation is 2. The van der Waals surface area contributed by atoms with E-state index in [1.165, 1.54) is 6.07 Å². The zero-order valence-electron chi connectivity index (χ0n) is 21.8. The van der Waals surface area contributed by atoms with Crippen LogP contribution in [0.25, 0.3) is 5.76 Å². The molecule has 0 amide bonds. The van der Waals surface area contributed by atoms with Gasteiger partial charge in [0, 0.05) is 24.6 Å². The second kappa shape index (κ2) is 13.2. The topological polar surface area (TPSA) is 59.0 Å². The molecule has 1 heterocycles. The summed E-state index contributed by atoms with van der Waals surface area (Å²) in [6.07, 6.45) is -2.77. The van der Waals surface area contributed by atoms with Gasteiger partial charge >= 0.3 is 12.1 Å². The zero-order chi connectivity index (χ0) is 27.9. The summed E-state index contributed by atoms with van der Waals surface area (Å²) in [5, 5.41) is 10.6. The monoisotopic (exact) mass is 537 g/mol. The molecule has 5 nitrogen and oxygen atoms in total. The molecule has 0 aromatic heterocycles. The van der Waals surface area contributed by atoms with Gasteiger partial charge in [0.05, 0.1) is 12.2 Å². The molecule has 0 saturated carbocycles. The maximum absolute atomic E-state index is 14.0. The zero-order valence-corrected chi connectivity index (χ0v) is 21.8. The fourth-order valence-electron chi connectivity index (χ4n) is 4.70. The van der Waals surface area contributed by atoms with Crippen LogP contribution in [0.1, 0.15) is 54.0 Å². The lowest BCUT2D eigenvalue weighted by molar-refractivity contribution is -0.143. The Morgan fingerprint density at radius 3 is 2.66 bits per heavy atom. The van der Waals surface area contributed by atoms with E-state index in [0.717, 1.165) is 37.1 Å². The number of rotatable bonds is 12. The quantitative estimate of drug-likeness (QED) is 0.214. The lowest BCUT2D eigenvalue weighted by Crippen LogP contribution is -2.39. The van der Waals surface area contributed by atoms with Crippen molar-refractivity contribution in [3.63, 3.8) is 0 Å². The van der Waals surface area contributed by atoms with E-state index in [9.17, 15) is 27.5 Å². The lowest BCUT2D eigenvalue weighted by atomic mass is 9.98. The van der Waals surface area contributed by atoms with E-state index in [2.05, 4.69) is 11.5 Å². The van der Waals surface area contributed by atoms with Gasteiger partial charge in [-0.3, -0.25) is 9.69 Å². The van der Waals surface area contributed by atoms with Crippen molar-refractivity contribution in [2.24, 2.45) is 0 Å². The summed E-state index contributed by atoms with van der Waals surface area (Å²) in [5.41, 5.74) is 1.23. The molecule has 3 rings (SSSR count). The molecular formula is C29H35F4NO4. The second-order valence-electron chi connectivity index (χ2n) is 9.64. The summed E-state index contributed by atoms with van der Waals surface area (Å²) < 4.78 is 64.5. The molecular weight excluding hydrogens is 502 g/mol. The van der Waals surface area contributed by atoms with Crippen molar-refractivity contribution in [2.45, 2.75) is 64.3 Å². The Balaban J connectivity index is 1.61. The van der Waals surface area contributed by atoms with Gasteiger partial charge in [0.2, 0.25) is 0 Å². The van der Waals surface area contributed by atoms with Crippen LogP contribution in [-0.4, -0.2) is 54.4 Å². The number of likely N-dealkylation sites (tertiary alicyclic amines) is 1. The minimum atomic E-state index is -4.56. The molecule has 0 bridgehead atoms. The Morgan fingerprint density at radius 2 is 1.97 bits per heavy atom. The van der Waals surface area contributed by atoms with Crippen LogP contribution >= 0.6 is 0 Å². The molecule has 0 radical (unpaired) electrons. The number of carbonyl (C=O) groups excluding carboxylic acids is 1. The van der Waals surface area contributed by atoms with Crippen LogP contribution in [0.4, 0.5) is 17.6 Å². The summed E-state index contributed by atoms with van der Waals surface area (Å²) in [4.78, 5) is 13.9. The van der Waals surface area contributed by atoms with Crippen molar-refractivity contribution in [3.05, 3.63) is 76.6 Å². The molecule has 1 saturated heterocycles. The van der Waals surface area contributed by atoms with Crippen LogP contribution in [0, 0.1) is 12.7 Å². The van der Waals surface area contributed by atoms with E-state index in [1.807, 2.05) is 6.07 Å². The van der Waals surface area contributed by atoms with Gasteiger partial charge in [-0.05, 0) is 81.0 Å². The number of β-amino-alcohol motifs (C(OH)–C–C–N with tert-alkyl or cyclic N) is 1. The van der Waals surface area contributed by atoms with Gasteiger partial charge in [0.1, 0.15) is 24.3 Å². The number of halogens is 4. The Hall–Kier alpha value is -2.91. The normalized spacial score (nSPS) is 16.9. The number of aliphatic hydroxyl groups excluding tert-OH is 1. The van der Waals surface area contributed by atoms with Crippen LogP contribution in [-0.2, 0) is 33.3 Å². The maximum atomic E-state index is 14.0. The fourth-order valence-corrected chi connectivity index (χ4v) is 4.70. The number of alkyl halides is 3. The first-order valence-electron chi connectivity index (χ1n) is 12.8. The van der Waals surface area contributed by atoms with Crippen LogP contribution in [0.5, 0.6) is 0 Å². The number of esters is 1. The van der Waals surface area contributed by atoms with Gasteiger partial charge in [-0.25, -0.2) is 4.39 Å².